The Labute approximate surface area is 150 Å². The Hall–Kier alpha value is -1.63. The van der Waals surface area contributed by atoms with E-state index in [-0.39, 0.29) is 30.2 Å². The summed E-state index contributed by atoms with van der Waals surface area (Å²) >= 11 is 0. The highest BCUT2D eigenvalue weighted by Crippen LogP contribution is 2.22. The Balaban J connectivity index is 1.67. The van der Waals surface area contributed by atoms with Crippen LogP contribution >= 0.6 is 0 Å². The second kappa shape index (κ2) is 9.17. The molecular weight excluding hydrogens is 320 g/mol. The fraction of sp³-hybridized carbons (Fsp3) is 0.833. The fourth-order valence-corrected chi connectivity index (χ4v) is 3.42. The van der Waals surface area contributed by atoms with Crippen LogP contribution in [0.1, 0.15) is 46.0 Å². The Morgan fingerprint density at radius 2 is 1.56 bits per heavy atom. The van der Waals surface area contributed by atoms with E-state index in [0.29, 0.717) is 25.4 Å². The third kappa shape index (κ3) is 5.70. The molecule has 2 aliphatic rings. The topological polar surface area (TPSA) is 95.7 Å². The van der Waals surface area contributed by atoms with Crippen LogP contribution in [0, 0.1) is 11.8 Å². The zero-order valence-corrected chi connectivity index (χ0v) is 15.5. The summed E-state index contributed by atoms with van der Waals surface area (Å²) in [6, 6.07) is -0.588. The van der Waals surface area contributed by atoms with Gasteiger partial charge in [-0.3, -0.25) is 14.4 Å². The van der Waals surface area contributed by atoms with Crippen LogP contribution in [-0.2, 0) is 14.4 Å². The zero-order chi connectivity index (χ0) is 18.4. The molecule has 142 valence electrons. The van der Waals surface area contributed by atoms with Crippen molar-refractivity contribution in [3.8, 4) is 0 Å². The Kier molecular flexibility index (Phi) is 7.23. The van der Waals surface area contributed by atoms with Crippen LogP contribution in [0.15, 0.2) is 0 Å². The fourth-order valence-electron chi connectivity index (χ4n) is 3.42. The molecule has 25 heavy (non-hydrogen) atoms. The van der Waals surface area contributed by atoms with Crippen LogP contribution in [0.5, 0.6) is 0 Å². The summed E-state index contributed by atoms with van der Waals surface area (Å²) in [4.78, 5) is 40.0. The molecule has 0 unspecified atom stereocenters. The molecule has 3 N–H and O–H groups in total. The molecular formula is C18H32N4O3. The maximum absolute atomic E-state index is 12.2. The lowest BCUT2D eigenvalue weighted by molar-refractivity contribution is -0.135. The first kappa shape index (κ1) is 19.7. The third-order valence-corrected chi connectivity index (χ3v) is 5.32. The van der Waals surface area contributed by atoms with E-state index in [1.165, 1.54) is 0 Å². The number of piperidine rings is 1. The highest BCUT2D eigenvalue weighted by molar-refractivity contribution is 5.87. The number of amides is 3. The first-order chi connectivity index (χ1) is 11.9. The smallest absolute Gasteiger partial charge is 0.241 e. The van der Waals surface area contributed by atoms with Crippen molar-refractivity contribution in [3.05, 3.63) is 0 Å². The summed E-state index contributed by atoms with van der Waals surface area (Å²) in [6.45, 7) is 6.85. The van der Waals surface area contributed by atoms with Crippen LogP contribution < -0.4 is 11.1 Å². The van der Waals surface area contributed by atoms with E-state index in [4.69, 9.17) is 5.73 Å². The summed E-state index contributed by atoms with van der Waals surface area (Å²) in [5.74, 6) is 0.306. The molecule has 7 heteroatoms. The second-order valence-electron chi connectivity index (χ2n) is 7.60. The lowest BCUT2D eigenvalue weighted by Crippen LogP contribution is -2.49. The minimum absolute atomic E-state index is 0.00334. The number of nitrogens with zero attached hydrogens (tertiary/aromatic N) is 2. The predicted molar refractivity (Wildman–Crippen MR) is 95.6 cm³/mol. The van der Waals surface area contributed by atoms with Crippen molar-refractivity contribution in [2.24, 2.45) is 17.6 Å². The van der Waals surface area contributed by atoms with Gasteiger partial charge in [-0.1, -0.05) is 13.8 Å². The van der Waals surface area contributed by atoms with Gasteiger partial charge in [-0.2, -0.15) is 0 Å². The van der Waals surface area contributed by atoms with E-state index in [1.807, 2.05) is 18.7 Å². The first-order valence-electron chi connectivity index (χ1n) is 9.47. The molecule has 1 atom stereocenters. The summed E-state index contributed by atoms with van der Waals surface area (Å²) in [6.07, 6.45) is 4.54. The number of hydrogen-bond acceptors (Lipinski definition) is 4. The van der Waals surface area contributed by atoms with Crippen molar-refractivity contribution >= 4 is 17.7 Å². The van der Waals surface area contributed by atoms with Crippen molar-refractivity contribution < 1.29 is 14.4 Å². The van der Waals surface area contributed by atoms with Gasteiger partial charge in [0.1, 0.15) is 0 Å². The van der Waals surface area contributed by atoms with Gasteiger partial charge in [-0.15, -0.1) is 0 Å². The molecule has 2 heterocycles. The average Bonchev–Trinajstić information content (AvgIpc) is 3.14. The highest BCUT2D eigenvalue weighted by atomic mass is 16.2. The SMILES string of the molecule is CC(C)[C@H](N)C(=O)NCC(=O)N1CCC(CC(=O)N2CCCC2)CC1. The van der Waals surface area contributed by atoms with Crippen molar-refractivity contribution in [1.82, 2.24) is 15.1 Å². The summed E-state index contributed by atoms with van der Waals surface area (Å²) in [5.41, 5.74) is 5.77. The predicted octanol–water partition coefficient (Wildman–Crippen LogP) is 0.337. The van der Waals surface area contributed by atoms with Crippen molar-refractivity contribution in [3.63, 3.8) is 0 Å². The number of nitrogens with two attached hydrogens (primary N) is 1. The largest absolute Gasteiger partial charge is 0.346 e. The van der Waals surface area contributed by atoms with Crippen molar-refractivity contribution in [1.29, 1.82) is 0 Å². The molecule has 0 aromatic rings. The first-order valence-corrected chi connectivity index (χ1v) is 9.47. The van der Waals surface area contributed by atoms with Gasteiger partial charge in [-0.05, 0) is 37.5 Å². The number of rotatable bonds is 6. The minimum atomic E-state index is -0.588. The van der Waals surface area contributed by atoms with Crippen LogP contribution in [0.2, 0.25) is 0 Å². The average molecular weight is 352 g/mol. The molecule has 0 aliphatic carbocycles. The molecule has 0 aromatic carbocycles. The normalized spacial score (nSPS) is 20.0. The van der Waals surface area contributed by atoms with Crippen LogP contribution in [-0.4, -0.2) is 66.3 Å². The molecule has 0 radical (unpaired) electrons. The second-order valence-corrected chi connectivity index (χ2v) is 7.60. The molecule has 0 saturated carbocycles. The number of nitrogens with one attached hydrogen (secondary N) is 1. The van der Waals surface area contributed by atoms with E-state index in [1.54, 1.807) is 4.90 Å². The molecule has 3 amide bonds. The van der Waals surface area contributed by atoms with E-state index in [9.17, 15) is 14.4 Å². The van der Waals surface area contributed by atoms with E-state index in [2.05, 4.69) is 5.32 Å². The summed E-state index contributed by atoms with van der Waals surface area (Å²) in [5, 5.41) is 2.63. The molecule has 0 bridgehead atoms. The van der Waals surface area contributed by atoms with Gasteiger partial charge in [0, 0.05) is 32.6 Å². The monoisotopic (exact) mass is 352 g/mol. The quantitative estimate of drug-likeness (QED) is 0.720. The Bertz CT molecular complexity index is 481. The molecule has 2 saturated heterocycles. The van der Waals surface area contributed by atoms with Gasteiger partial charge < -0.3 is 20.9 Å². The summed E-state index contributed by atoms with van der Waals surface area (Å²) < 4.78 is 0. The number of carbonyl (C=O) groups is 3. The maximum atomic E-state index is 12.2. The van der Waals surface area contributed by atoms with Crippen LogP contribution in [0.25, 0.3) is 0 Å². The van der Waals surface area contributed by atoms with Gasteiger partial charge in [-0.25, -0.2) is 0 Å². The van der Waals surface area contributed by atoms with Gasteiger partial charge >= 0.3 is 0 Å². The summed E-state index contributed by atoms with van der Waals surface area (Å²) in [7, 11) is 0. The standard InChI is InChI=1S/C18H32N4O3/c1-13(2)17(19)18(25)20-12-16(24)22-9-5-14(6-10-22)11-15(23)21-7-3-4-8-21/h13-14,17H,3-12,19H2,1-2H3,(H,20,25)/t17-/m0/s1. The number of hydrogen-bond donors (Lipinski definition) is 2. The van der Waals surface area contributed by atoms with E-state index >= 15 is 0 Å². The van der Waals surface area contributed by atoms with E-state index in [0.717, 1.165) is 38.8 Å². The molecule has 0 aromatic heterocycles. The van der Waals surface area contributed by atoms with Crippen molar-refractivity contribution in [2.75, 3.05) is 32.7 Å². The highest BCUT2D eigenvalue weighted by Gasteiger charge is 2.27. The Morgan fingerprint density at radius 3 is 2.12 bits per heavy atom. The zero-order valence-electron chi connectivity index (χ0n) is 15.5. The lowest BCUT2D eigenvalue weighted by atomic mass is 9.93. The van der Waals surface area contributed by atoms with Gasteiger partial charge in [0.2, 0.25) is 17.7 Å². The number of carbonyl (C=O) groups excluding carboxylic acids is 3. The molecule has 2 rings (SSSR count). The molecule has 2 aliphatic heterocycles. The third-order valence-electron chi connectivity index (χ3n) is 5.32. The van der Waals surface area contributed by atoms with Crippen LogP contribution in [0.3, 0.4) is 0 Å². The van der Waals surface area contributed by atoms with Crippen molar-refractivity contribution in [2.45, 2.75) is 52.0 Å². The lowest BCUT2D eigenvalue weighted by Gasteiger charge is -2.32. The number of likely N-dealkylation sites (tertiary alicyclic amines) is 2. The Morgan fingerprint density at radius 1 is 1.00 bits per heavy atom. The maximum Gasteiger partial charge on any atom is 0.241 e. The molecule has 2 fully saturated rings. The van der Waals surface area contributed by atoms with Gasteiger partial charge in [0.15, 0.2) is 0 Å². The molecule has 0 spiro atoms. The van der Waals surface area contributed by atoms with Gasteiger partial charge in [0.25, 0.3) is 0 Å². The van der Waals surface area contributed by atoms with E-state index < -0.39 is 6.04 Å². The minimum Gasteiger partial charge on any atom is -0.346 e. The van der Waals surface area contributed by atoms with Gasteiger partial charge in [0.05, 0.1) is 12.6 Å². The van der Waals surface area contributed by atoms with Crippen LogP contribution in [0.4, 0.5) is 0 Å². The molecule has 7 nitrogen and oxygen atoms in total.